The van der Waals surface area contributed by atoms with E-state index in [1.165, 1.54) is 96.3 Å². The van der Waals surface area contributed by atoms with E-state index in [1.54, 1.807) is 0 Å². The number of hydrogen-bond donors (Lipinski definition) is 0. The van der Waals surface area contributed by atoms with E-state index in [2.05, 4.69) is 27.4 Å². The second-order valence-corrected chi connectivity index (χ2v) is 11.7. The molecule has 0 aromatic heterocycles. The fraction of sp³-hybridized carbons (Fsp3) is 0.926. The Morgan fingerprint density at radius 1 is 0.484 bits per heavy atom. The average Bonchev–Trinajstić information content (AvgIpc) is 2.77. The van der Waals surface area contributed by atoms with Crippen molar-refractivity contribution >= 4 is 8.80 Å². The molecule has 0 bridgehead atoms. The number of allylic oxidation sites excluding steroid dienone is 1. The normalized spacial score (nSPS) is 11.8. The van der Waals surface area contributed by atoms with Gasteiger partial charge in [0.25, 0.3) is 0 Å². The zero-order valence-corrected chi connectivity index (χ0v) is 22.6. The van der Waals surface area contributed by atoms with Crippen LogP contribution < -0.4 is 0 Å². The Bertz CT molecular complexity index is 317. The quantitative estimate of drug-likeness (QED) is 0.0737. The second-order valence-electron chi connectivity index (χ2n) is 9.02. The molecule has 31 heavy (non-hydrogen) atoms. The molecule has 0 rings (SSSR count). The molecule has 0 aromatic carbocycles. The molecule has 0 amide bonds. The van der Waals surface area contributed by atoms with Gasteiger partial charge in [-0.05, 0) is 19.3 Å². The first kappa shape index (κ1) is 30.8. The van der Waals surface area contributed by atoms with Crippen LogP contribution in [0.1, 0.15) is 136 Å². The zero-order chi connectivity index (χ0) is 22.9. The third-order valence-electron chi connectivity index (χ3n) is 5.85. The molecule has 0 saturated heterocycles. The highest BCUT2D eigenvalue weighted by Crippen LogP contribution is 2.20. The smallest absolute Gasteiger partial charge is 0.373 e. The molecule has 0 aliphatic carbocycles. The van der Waals surface area contributed by atoms with Crippen LogP contribution in [0, 0.1) is 0 Å². The molecule has 186 valence electrons. The Balaban J connectivity index is 4.40. The summed E-state index contributed by atoms with van der Waals surface area (Å²) in [5, 5.41) is 0. The monoisotopic (exact) mass is 456 g/mol. The maximum absolute atomic E-state index is 6.39. The summed E-state index contributed by atoms with van der Waals surface area (Å²) >= 11 is 0. The molecule has 0 N–H and O–H groups in total. The fourth-order valence-electron chi connectivity index (χ4n) is 3.81. The number of hydrogen-bond acceptors (Lipinski definition) is 3. The van der Waals surface area contributed by atoms with Crippen molar-refractivity contribution in [2.24, 2.45) is 0 Å². The molecule has 0 aliphatic heterocycles. The van der Waals surface area contributed by atoms with Crippen molar-refractivity contribution in [1.29, 1.82) is 0 Å². The Morgan fingerprint density at radius 3 is 1.06 bits per heavy atom. The molecule has 0 spiro atoms. The molecule has 0 fully saturated rings. The van der Waals surface area contributed by atoms with Gasteiger partial charge in [0, 0.05) is 25.9 Å². The summed E-state index contributed by atoms with van der Waals surface area (Å²) in [6, 6.07) is 0.731. The molecule has 0 aliphatic rings. The molecular weight excluding hydrogens is 400 g/mol. The molecule has 0 aromatic rings. The molecule has 0 atom stereocenters. The van der Waals surface area contributed by atoms with Crippen LogP contribution in [0.25, 0.3) is 0 Å². The molecular formula is C27H56O3Si. The van der Waals surface area contributed by atoms with Crippen LogP contribution in [0.5, 0.6) is 0 Å². The van der Waals surface area contributed by atoms with Gasteiger partial charge in [0.05, 0.1) is 0 Å². The number of rotatable bonds is 26. The largest absolute Gasteiger partial charge is 0.504 e. The Morgan fingerprint density at radius 2 is 0.774 bits per heavy atom. The highest BCUT2D eigenvalue weighted by Gasteiger charge is 2.39. The standard InChI is InChI=1S/C27H56O3Si/c1-5-9-12-15-18-21-24-28-31(27-8-4,29-25-22-19-16-13-10-6-2)30-26-23-20-17-14-11-7-3/h8H,4-7,9-27H2,1-3H3. The van der Waals surface area contributed by atoms with Gasteiger partial charge in [-0.25, -0.2) is 0 Å². The number of unbranched alkanes of at least 4 members (excludes halogenated alkanes) is 15. The molecule has 0 saturated carbocycles. The topological polar surface area (TPSA) is 27.7 Å². The van der Waals surface area contributed by atoms with E-state index >= 15 is 0 Å². The van der Waals surface area contributed by atoms with Crippen molar-refractivity contribution < 1.29 is 13.3 Å². The van der Waals surface area contributed by atoms with E-state index in [0.717, 1.165) is 45.1 Å². The fourth-order valence-corrected chi connectivity index (χ4v) is 6.13. The molecule has 0 unspecified atom stereocenters. The van der Waals surface area contributed by atoms with E-state index in [4.69, 9.17) is 13.3 Å². The van der Waals surface area contributed by atoms with Crippen molar-refractivity contribution in [2.75, 3.05) is 19.8 Å². The minimum Gasteiger partial charge on any atom is -0.373 e. The van der Waals surface area contributed by atoms with Gasteiger partial charge in [0.15, 0.2) is 0 Å². The van der Waals surface area contributed by atoms with Crippen molar-refractivity contribution in [2.45, 2.75) is 142 Å². The van der Waals surface area contributed by atoms with Crippen molar-refractivity contribution in [3.05, 3.63) is 12.7 Å². The van der Waals surface area contributed by atoms with Crippen molar-refractivity contribution in [3.8, 4) is 0 Å². The SMILES string of the molecule is C=CC[Si](OCCCCCCCC)(OCCCCCCCC)OCCCCCCCC. The summed E-state index contributed by atoms with van der Waals surface area (Å²) in [4.78, 5) is 0. The maximum atomic E-state index is 6.39. The molecule has 3 nitrogen and oxygen atoms in total. The van der Waals surface area contributed by atoms with Gasteiger partial charge in [-0.3, -0.25) is 0 Å². The Labute approximate surface area is 197 Å². The van der Waals surface area contributed by atoms with Gasteiger partial charge in [0.1, 0.15) is 0 Å². The predicted octanol–water partition coefficient (Wildman–Crippen LogP) is 9.24. The van der Waals surface area contributed by atoms with Gasteiger partial charge in [-0.15, -0.1) is 6.58 Å². The van der Waals surface area contributed by atoms with E-state index in [-0.39, 0.29) is 0 Å². The summed E-state index contributed by atoms with van der Waals surface area (Å²) in [5.41, 5.74) is 0. The Hall–Kier alpha value is -0.163. The zero-order valence-electron chi connectivity index (χ0n) is 21.6. The van der Waals surface area contributed by atoms with Crippen LogP contribution >= 0.6 is 0 Å². The minimum atomic E-state index is -2.64. The highest BCUT2D eigenvalue weighted by atomic mass is 28.4. The van der Waals surface area contributed by atoms with Crippen LogP contribution in [0.4, 0.5) is 0 Å². The summed E-state index contributed by atoms with van der Waals surface area (Å²) in [6.07, 6.45) is 24.9. The summed E-state index contributed by atoms with van der Waals surface area (Å²) in [5.74, 6) is 0. The van der Waals surface area contributed by atoms with E-state index in [0.29, 0.717) is 0 Å². The lowest BCUT2D eigenvalue weighted by Gasteiger charge is -2.29. The van der Waals surface area contributed by atoms with E-state index in [9.17, 15) is 0 Å². The lowest BCUT2D eigenvalue weighted by Crippen LogP contribution is -2.46. The highest BCUT2D eigenvalue weighted by molar-refractivity contribution is 6.61. The minimum absolute atomic E-state index is 0.731. The third kappa shape index (κ3) is 20.2. The van der Waals surface area contributed by atoms with Crippen LogP contribution in [-0.2, 0) is 13.3 Å². The first-order valence-electron chi connectivity index (χ1n) is 13.8. The second kappa shape index (κ2) is 24.5. The van der Waals surface area contributed by atoms with Gasteiger partial charge in [-0.1, -0.05) is 123 Å². The predicted molar refractivity (Wildman–Crippen MR) is 139 cm³/mol. The lowest BCUT2D eigenvalue weighted by atomic mass is 10.1. The third-order valence-corrected chi connectivity index (χ3v) is 8.57. The summed E-state index contributed by atoms with van der Waals surface area (Å²) < 4.78 is 19.2. The van der Waals surface area contributed by atoms with Gasteiger partial charge < -0.3 is 13.3 Å². The van der Waals surface area contributed by atoms with Crippen LogP contribution in [0.15, 0.2) is 12.7 Å². The Kier molecular flexibility index (Phi) is 24.3. The van der Waals surface area contributed by atoms with Gasteiger partial charge in [-0.2, -0.15) is 0 Å². The van der Waals surface area contributed by atoms with Crippen molar-refractivity contribution in [1.82, 2.24) is 0 Å². The van der Waals surface area contributed by atoms with Crippen molar-refractivity contribution in [3.63, 3.8) is 0 Å². The molecule has 4 heteroatoms. The first-order chi connectivity index (χ1) is 15.2. The molecule has 0 heterocycles. The van der Waals surface area contributed by atoms with Crippen LogP contribution in [0.3, 0.4) is 0 Å². The van der Waals surface area contributed by atoms with Crippen LogP contribution in [-0.4, -0.2) is 28.6 Å². The average molecular weight is 457 g/mol. The maximum Gasteiger partial charge on any atom is 0.504 e. The molecule has 0 radical (unpaired) electrons. The summed E-state index contributed by atoms with van der Waals surface area (Å²) in [6.45, 7) is 13.1. The van der Waals surface area contributed by atoms with Crippen LogP contribution in [0.2, 0.25) is 6.04 Å². The van der Waals surface area contributed by atoms with Gasteiger partial charge >= 0.3 is 8.80 Å². The lowest BCUT2D eigenvalue weighted by molar-refractivity contribution is 0.0579. The van der Waals surface area contributed by atoms with E-state index < -0.39 is 8.80 Å². The summed E-state index contributed by atoms with van der Waals surface area (Å²) in [7, 11) is -2.64. The first-order valence-corrected chi connectivity index (χ1v) is 15.7. The van der Waals surface area contributed by atoms with E-state index in [1.807, 2.05) is 6.08 Å². The van der Waals surface area contributed by atoms with Gasteiger partial charge in [0.2, 0.25) is 0 Å².